The van der Waals surface area contributed by atoms with Gasteiger partial charge in [-0.05, 0) is 23.7 Å². The molecule has 0 aliphatic rings. The van der Waals surface area contributed by atoms with Gasteiger partial charge in [0.25, 0.3) is 0 Å². The van der Waals surface area contributed by atoms with Crippen molar-refractivity contribution in [3.63, 3.8) is 0 Å². The Hall–Kier alpha value is -0.410. The van der Waals surface area contributed by atoms with Gasteiger partial charge in [0.2, 0.25) is 0 Å². The van der Waals surface area contributed by atoms with Gasteiger partial charge in [-0.3, -0.25) is 4.79 Å². The fourth-order valence-corrected chi connectivity index (χ4v) is 2.00. The van der Waals surface area contributed by atoms with Gasteiger partial charge in [-0.1, -0.05) is 13.8 Å². The largest absolute Gasteiger partial charge is 0.449 e. The molecule has 2 nitrogen and oxygen atoms in total. The standard InChI is InChI=1S/C10H13ClO2S/c1-7(2)9(12)6-14-5-8-3-4-10(11)13-8/h3-4,7H,5-6H2,1-2H3. The van der Waals surface area contributed by atoms with Gasteiger partial charge in [0.05, 0.1) is 11.5 Å². The quantitative estimate of drug-likeness (QED) is 0.780. The monoisotopic (exact) mass is 232 g/mol. The first kappa shape index (κ1) is 11.7. The minimum absolute atomic E-state index is 0.114. The molecule has 0 spiro atoms. The number of carbonyl (C=O) groups excluding carboxylic acids is 1. The van der Waals surface area contributed by atoms with Crippen molar-refractivity contribution in [3.05, 3.63) is 23.1 Å². The van der Waals surface area contributed by atoms with Gasteiger partial charge >= 0.3 is 0 Å². The van der Waals surface area contributed by atoms with E-state index in [9.17, 15) is 4.79 Å². The number of thioether (sulfide) groups is 1. The highest BCUT2D eigenvalue weighted by molar-refractivity contribution is 7.99. The number of carbonyl (C=O) groups is 1. The zero-order valence-corrected chi connectivity index (χ0v) is 9.82. The van der Waals surface area contributed by atoms with Gasteiger partial charge < -0.3 is 4.42 Å². The van der Waals surface area contributed by atoms with Crippen LogP contribution in [-0.4, -0.2) is 11.5 Å². The van der Waals surface area contributed by atoms with Gasteiger partial charge in [-0.15, -0.1) is 11.8 Å². The summed E-state index contributed by atoms with van der Waals surface area (Å²) >= 11 is 7.16. The van der Waals surface area contributed by atoms with E-state index in [-0.39, 0.29) is 11.7 Å². The lowest BCUT2D eigenvalue weighted by atomic mass is 10.1. The van der Waals surface area contributed by atoms with Crippen molar-refractivity contribution in [1.29, 1.82) is 0 Å². The van der Waals surface area contributed by atoms with E-state index in [4.69, 9.17) is 16.0 Å². The van der Waals surface area contributed by atoms with Gasteiger partial charge in [-0.2, -0.15) is 0 Å². The fraction of sp³-hybridized carbons (Fsp3) is 0.500. The minimum Gasteiger partial charge on any atom is -0.449 e. The number of Topliss-reactive ketones (excluding diaryl/α,β-unsaturated/α-hetero) is 1. The maximum Gasteiger partial charge on any atom is 0.193 e. The van der Waals surface area contributed by atoms with Crippen molar-refractivity contribution in [1.82, 2.24) is 0 Å². The van der Waals surface area contributed by atoms with Crippen LogP contribution in [0.4, 0.5) is 0 Å². The Labute approximate surface area is 93.0 Å². The van der Waals surface area contributed by atoms with E-state index in [0.29, 0.717) is 16.7 Å². The van der Waals surface area contributed by atoms with E-state index < -0.39 is 0 Å². The van der Waals surface area contributed by atoms with Crippen LogP contribution in [-0.2, 0) is 10.5 Å². The average Bonchev–Trinajstić information content (AvgIpc) is 2.51. The first-order chi connectivity index (χ1) is 6.59. The molecule has 4 heteroatoms. The molecule has 1 aromatic heterocycles. The van der Waals surface area contributed by atoms with Crippen LogP contribution in [0.2, 0.25) is 5.22 Å². The Kier molecular flexibility index (Phi) is 4.55. The molecule has 1 aromatic rings. The molecule has 14 heavy (non-hydrogen) atoms. The Balaban J connectivity index is 2.25. The highest BCUT2D eigenvalue weighted by Gasteiger charge is 2.07. The maximum atomic E-state index is 11.3. The molecule has 0 aliphatic carbocycles. The Morgan fingerprint density at radius 3 is 2.79 bits per heavy atom. The molecule has 0 unspecified atom stereocenters. The fourth-order valence-electron chi connectivity index (χ4n) is 0.848. The summed E-state index contributed by atoms with van der Waals surface area (Å²) in [4.78, 5) is 11.3. The van der Waals surface area contributed by atoms with Gasteiger partial charge in [-0.25, -0.2) is 0 Å². The second-order valence-electron chi connectivity index (χ2n) is 3.32. The smallest absolute Gasteiger partial charge is 0.193 e. The number of halogens is 1. The molecule has 1 rings (SSSR count). The second-order valence-corrected chi connectivity index (χ2v) is 4.68. The summed E-state index contributed by atoms with van der Waals surface area (Å²) in [5, 5.41) is 0.399. The predicted octanol–water partition coefficient (Wildman–Crippen LogP) is 3.39. The molecule has 0 aromatic carbocycles. The van der Waals surface area contributed by atoms with Crippen LogP contribution < -0.4 is 0 Å². The number of ketones is 1. The van der Waals surface area contributed by atoms with Crippen LogP contribution in [0.5, 0.6) is 0 Å². The minimum atomic E-state index is 0.114. The molecule has 0 radical (unpaired) electrons. The molecule has 0 saturated carbocycles. The average molecular weight is 233 g/mol. The van der Waals surface area contributed by atoms with E-state index in [2.05, 4.69) is 0 Å². The number of rotatable bonds is 5. The summed E-state index contributed by atoms with van der Waals surface area (Å²) in [6.07, 6.45) is 0. The van der Waals surface area contributed by atoms with E-state index in [1.807, 2.05) is 19.9 Å². The molecule has 0 atom stereocenters. The molecular weight excluding hydrogens is 220 g/mol. The van der Waals surface area contributed by atoms with E-state index >= 15 is 0 Å². The predicted molar refractivity (Wildman–Crippen MR) is 59.7 cm³/mol. The Bertz CT molecular complexity index is 307. The van der Waals surface area contributed by atoms with Crippen molar-refractivity contribution < 1.29 is 9.21 Å². The van der Waals surface area contributed by atoms with E-state index in [1.165, 1.54) is 0 Å². The molecule has 0 amide bonds. The number of hydrogen-bond donors (Lipinski definition) is 0. The third-order valence-electron chi connectivity index (χ3n) is 1.76. The first-order valence-corrected chi connectivity index (χ1v) is 5.97. The molecule has 0 N–H and O–H groups in total. The van der Waals surface area contributed by atoms with Crippen molar-refractivity contribution in [2.24, 2.45) is 5.92 Å². The third-order valence-corrected chi connectivity index (χ3v) is 2.94. The normalized spacial score (nSPS) is 10.9. The lowest BCUT2D eigenvalue weighted by Crippen LogP contribution is -2.09. The number of hydrogen-bond acceptors (Lipinski definition) is 3. The molecule has 0 aliphatic heterocycles. The number of furan rings is 1. The lowest BCUT2D eigenvalue weighted by molar-refractivity contribution is -0.119. The van der Waals surface area contributed by atoms with Crippen LogP contribution in [0.25, 0.3) is 0 Å². The summed E-state index contributed by atoms with van der Waals surface area (Å²) in [5.74, 6) is 2.44. The van der Waals surface area contributed by atoms with Crippen LogP contribution in [0.15, 0.2) is 16.5 Å². The Morgan fingerprint density at radius 2 is 2.29 bits per heavy atom. The molecule has 1 heterocycles. The third kappa shape index (κ3) is 3.76. The Morgan fingerprint density at radius 1 is 1.57 bits per heavy atom. The van der Waals surface area contributed by atoms with Crippen LogP contribution in [0.1, 0.15) is 19.6 Å². The SMILES string of the molecule is CC(C)C(=O)CSCc1ccc(Cl)o1. The first-order valence-electron chi connectivity index (χ1n) is 4.44. The molecule has 0 fully saturated rings. The highest BCUT2D eigenvalue weighted by Crippen LogP contribution is 2.18. The molecule has 0 saturated heterocycles. The van der Waals surface area contributed by atoms with Gasteiger partial charge in [0.1, 0.15) is 11.5 Å². The van der Waals surface area contributed by atoms with Gasteiger partial charge in [0.15, 0.2) is 5.22 Å². The lowest BCUT2D eigenvalue weighted by Gasteiger charge is -2.02. The summed E-state index contributed by atoms with van der Waals surface area (Å²) < 4.78 is 5.16. The summed E-state index contributed by atoms with van der Waals surface area (Å²) in [6.45, 7) is 3.82. The maximum absolute atomic E-state index is 11.3. The summed E-state index contributed by atoms with van der Waals surface area (Å²) in [6, 6.07) is 3.54. The van der Waals surface area contributed by atoms with E-state index in [0.717, 1.165) is 5.76 Å². The van der Waals surface area contributed by atoms with Crippen molar-refractivity contribution in [2.45, 2.75) is 19.6 Å². The zero-order valence-electron chi connectivity index (χ0n) is 8.25. The highest BCUT2D eigenvalue weighted by atomic mass is 35.5. The second kappa shape index (κ2) is 5.47. The van der Waals surface area contributed by atoms with Crippen molar-refractivity contribution in [2.75, 3.05) is 5.75 Å². The topological polar surface area (TPSA) is 30.2 Å². The molecular formula is C10H13ClO2S. The summed E-state index contributed by atoms with van der Waals surface area (Å²) in [5.41, 5.74) is 0. The van der Waals surface area contributed by atoms with Crippen LogP contribution in [0.3, 0.4) is 0 Å². The van der Waals surface area contributed by atoms with Gasteiger partial charge in [0, 0.05) is 5.92 Å². The van der Waals surface area contributed by atoms with Crippen LogP contribution in [0, 0.1) is 5.92 Å². The summed E-state index contributed by atoms with van der Waals surface area (Å²) in [7, 11) is 0. The molecule has 0 bridgehead atoms. The van der Waals surface area contributed by atoms with Crippen LogP contribution >= 0.6 is 23.4 Å². The molecule has 78 valence electrons. The van der Waals surface area contributed by atoms with Crippen molar-refractivity contribution >= 4 is 29.1 Å². The van der Waals surface area contributed by atoms with E-state index in [1.54, 1.807) is 17.8 Å². The van der Waals surface area contributed by atoms with Crippen molar-refractivity contribution in [3.8, 4) is 0 Å². The zero-order chi connectivity index (χ0) is 10.6.